The molecule has 2 aromatic rings. The quantitative estimate of drug-likeness (QED) is 0.843. The Morgan fingerprint density at radius 3 is 2.28 bits per heavy atom. The molecule has 2 rings (SSSR count). The molecule has 0 spiro atoms. The summed E-state index contributed by atoms with van der Waals surface area (Å²) in [6, 6.07) is 13.0. The first-order valence-corrected chi connectivity index (χ1v) is 7.61. The second-order valence-electron chi connectivity index (χ2n) is 5.19. The molecule has 0 saturated heterocycles. The van der Waals surface area contributed by atoms with E-state index in [1.807, 2.05) is 0 Å². The summed E-state index contributed by atoms with van der Waals surface area (Å²) in [5.74, 6) is -2.37. The minimum atomic E-state index is -4.95. The van der Waals surface area contributed by atoms with Gasteiger partial charge in [-0.25, -0.2) is 0 Å². The SMILES string of the molecule is O=C(Cc1ccc(Cl)cc1)Nc1ccccc1CNC(=O)C(F)(F)F. The first-order chi connectivity index (χ1) is 11.8. The Morgan fingerprint density at radius 1 is 1.00 bits per heavy atom. The lowest BCUT2D eigenvalue weighted by Crippen LogP contribution is -2.36. The van der Waals surface area contributed by atoms with Gasteiger partial charge in [-0.1, -0.05) is 41.9 Å². The fourth-order valence-electron chi connectivity index (χ4n) is 2.05. The van der Waals surface area contributed by atoms with Gasteiger partial charge in [-0.2, -0.15) is 13.2 Å². The molecule has 0 heterocycles. The van der Waals surface area contributed by atoms with E-state index < -0.39 is 12.1 Å². The van der Waals surface area contributed by atoms with Crippen LogP contribution in [0.4, 0.5) is 18.9 Å². The molecule has 0 unspecified atom stereocenters. The van der Waals surface area contributed by atoms with Crippen molar-refractivity contribution in [2.24, 2.45) is 0 Å². The summed E-state index contributed by atoms with van der Waals surface area (Å²) in [6.45, 7) is -0.351. The molecule has 4 nitrogen and oxygen atoms in total. The van der Waals surface area contributed by atoms with Gasteiger partial charge in [0.1, 0.15) is 0 Å². The van der Waals surface area contributed by atoms with Gasteiger partial charge in [0.05, 0.1) is 6.42 Å². The van der Waals surface area contributed by atoms with Crippen LogP contribution >= 0.6 is 11.6 Å². The van der Waals surface area contributed by atoms with Crippen LogP contribution < -0.4 is 10.6 Å². The molecule has 8 heteroatoms. The van der Waals surface area contributed by atoms with E-state index in [1.54, 1.807) is 47.8 Å². The van der Waals surface area contributed by atoms with Gasteiger partial charge in [-0.15, -0.1) is 0 Å². The van der Waals surface area contributed by atoms with Crippen LogP contribution in [0.2, 0.25) is 5.02 Å². The molecule has 2 aromatic carbocycles. The number of halogens is 4. The number of rotatable bonds is 5. The smallest absolute Gasteiger partial charge is 0.344 e. The minimum Gasteiger partial charge on any atom is -0.344 e. The first-order valence-electron chi connectivity index (χ1n) is 7.23. The first kappa shape index (κ1) is 18.8. The minimum absolute atomic E-state index is 0.0837. The van der Waals surface area contributed by atoms with E-state index in [2.05, 4.69) is 5.32 Å². The molecule has 0 saturated carbocycles. The summed E-state index contributed by atoms with van der Waals surface area (Å²) in [5, 5.41) is 4.96. The molecular weight excluding hydrogens is 357 g/mol. The lowest BCUT2D eigenvalue weighted by Gasteiger charge is -2.13. The van der Waals surface area contributed by atoms with Crippen molar-refractivity contribution in [3.05, 3.63) is 64.7 Å². The number of amides is 2. The van der Waals surface area contributed by atoms with Crippen molar-refractivity contribution < 1.29 is 22.8 Å². The number of carbonyl (C=O) groups is 2. The highest BCUT2D eigenvalue weighted by Gasteiger charge is 2.38. The summed E-state index contributed by atoms with van der Waals surface area (Å²) in [4.78, 5) is 23.0. The largest absolute Gasteiger partial charge is 0.471 e. The average molecular weight is 371 g/mol. The highest BCUT2D eigenvalue weighted by atomic mass is 35.5. The second kappa shape index (κ2) is 8.02. The van der Waals surface area contributed by atoms with E-state index in [4.69, 9.17) is 11.6 Å². The Labute approximate surface area is 147 Å². The summed E-state index contributed by atoms with van der Waals surface area (Å²) in [5.41, 5.74) is 1.44. The van der Waals surface area contributed by atoms with E-state index >= 15 is 0 Å². The fourth-order valence-corrected chi connectivity index (χ4v) is 2.18. The average Bonchev–Trinajstić information content (AvgIpc) is 2.55. The van der Waals surface area contributed by atoms with E-state index in [9.17, 15) is 22.8 Å². The molecule has 0 radical (unpaired) electrons. The zero-order valence-corrected chi connectivity index (χ0v) is 13.6. The molecule has 0 aliphatic carbocycles. The predicted octanol–water partition coefficient (Wildman–Crippen LogP) is 3.70. The Kier molecular flexibility index (Phi) is 6.03. The van der Waals surface area contributed by atoms with Crippen molar-refractivity contribution in [1.29, 1.82) is 0 Å². The molecule has 0 aliphatic heterocycles. The number of anilines is 1. The van der Waals surface area contributed by atoms with Crippen LogP contribution in [-0.2, 0) is 22.6 Å². The molecule has 0 bridgehead atoms. The number of benzene rings is 2. The lowest BCUT2D eigenvalue weighted by molar-refractivity contribution is -0.173. The van der Waals surface area contributed by atoms with E-state index in [1.165, 1.54) is 6.07 Å². The van der Waals surface area contributed by atoms with Crippen molar-refractivity contribution in [3.8, 4) is 0 Å². The second-order valence-corrected chi connectivity index (χ2v) is 5.63. The van der Waals surface area contributed by atoms with E-state index in [-0.39, 0.29) is 18.9 Å². The standard InChI is InChI=1S/C17H14ClF3N2O2/c18-13-7-5-11(6-8-13)9-15(24)23-14-4-2-1-3-12(14)10-22-16(25)17(19,20)21/h1-8H,9-10H2,(H,22,25)(H,23,24). The van der Waals surface area contributed by atoms with Crippen molar-refractivity contribution >= 4 is 29.1 Å². The molecule has 25 heavy (non-hydrogen) atoms. The molecule has 132 valence electrons. The van der Waals surface area contributed by atoms with Crippen LogP contribution in [0.25, 0.3) is 0 Å². The maximum absolute atomic E-state index is 12.2. The molecular formula is C17H14ClF3N2O2. The summed E-state index contributed by atoms with van der Waals surface area (Å²) < 4.78 is 36.7. The maximum Gasteiger partial charge on any atom is 0.471 e. The van der Waals surface area contributed by atoms with Crippen molar-refractivity contribution in [2.75, 3.05) is 5.32 Å². The Hall–Kier alpha value is -2.54. The van der Waals surface area contributed by atoms with Crippen molar-refractivity contribution in [2.45, 2.75) is 19.1 Å². The number of alkyl halides is 3. The van der Waals surface area contributed by atoms with Crippen LogP contribution in [0.3, 0.4) is 0 Å². The molecule has 2 N–H and O–H groups in total. The van der Waals surface area contributed by atoms with Crippen LogP contribution in [0.15, 0.2) is 48.5 Å². The summed E-state index contributed by atoms with van der Waals surface area (Å²) in [7, 11) is 0. The number of para-hydroxylation sites is 1. The highest BCUT2D eigenvalue weighted by Crippen LogP contribution is 2.18. The summed E-state index contributed by atoms with van der Waals surface area (Å²) in [6.07, 6.45) is -4.87. The topological polar surface area (TPSA) is 58.2 Å². The highest BCUT2D eigenvalue weighted by molar-refractivity contribution is 6.30. The van der Waals surface area contributed by atoms with Gasteiger partial charge in [0.2, 0.25) is 5.91 Å². The summed E-state index contributed by atoms with van der Waals surface area (Å²) >= 11 is 5.78. The molecule has 0 aliphatic rings. The van der Waals surface area contributed by atoms with E-state index in [0.29, 0.717) is 16.3 Å². The number of nitrogens with one attached hydrogen (secondary N) is 2. The molecule has 0 atom stereocenters. The number of hydrogen-bond acceptors (Lipinski definition) is 2. The molecule has 0 fully saturated rings. The normalized spacial score (nSPS) is 11.0. The van der Waals surface area contributed by atoms with Gasteiger partial charge in [-0.05, 0) is 29.3 Å². The van der Waals surface area contributed by atoms with Crippen molar-refractivity contribution in [1.82, 2.24) is 5.32 Å². The predicted molar refractivity (Wildman–Crippen MR) is 88.1 cm³/mol. The molecule has 0 aromatic heterocycles. The van der Waals surface area contributed by atoms with Gasteiger partial charge < -0.3 is 10.6 Å². The zero-order chi connectivity index (χ0) is 18.4. The van der Waals surface area contributed by atoms with Crippen LogP contribution in [0.5, 0.6) is 0 Å². The van der Waals surface area contributed by atoms with Gasteiger partial charge in [-0.3, -0.25) is 9.59 Å². The Balaban J connectivity index is 2.01. The van der Waals surface area contributed by atoms with Crippen LogP contribution in [0, 0.1) is 0 Å². The lowest BCUT2D eigenvalue weighted by atomic mass is 10.1. The van der Waals surface area contributed by atoms with E-state index in [0.717, 1.165) is 5.56 Å². The van der Waals surface area contributed by atoms with Crippen LogP contribution in [-0.4, -0.2) is 18.0 Å². The van der Waals surface area contributed by atoms with Gasteiger partial charge in [0.15, 0.2) is 0 Å². The van der Waals surface area contributed by atoms with Gasteiger partial charge >= 0.3 is 12.1 Å². The van der Waals surface area contributed by atoms with Gasteiger partial charge in [0, 0.05) is 17.3 Å². The number of carbonyl (C=O) groups excluding carboxylic acids is 2. The Morgan fingerprint density at radius 2 is 1.64 bits per heavy atom. The number of hydrogen-bond donors (Lipinski definition) is 2. The monoisotopic (exact) mass is 370 g/mol. The maximum atomic E-state index is 12.2. The Bertz CT molecular complexity index is 761. The fraction of sp³-hybridized carbons (Fsp3) is 0.176. The molecule has 2 amide bonds. The third-order valence-electron chi connectivity index (χ3n) is 3.27. The third-order valence-corrected chi connectivity index (χ3v) is 3.52. The third kappa shape index (κ3) is 5.79. The van der Waals surface area contributed by atoms with Crippen LogP contribution in [0.1, 0.15) is 11.1 Å². The van der Waals surface area contributed by atoms with Gasteiger partial charge in [0.25, 0.3) is 0 Å². The van der Waals surface area contributed by atoms with Crippen molar-refractivity contribution in [3.63, 3.8) is 0 Å². The zero-order valence-electron chi connectivity index (χ0n) is 12.9.